The summed E-state index contributed by atoms with van der Waals surface area (Å²) in [6.07, 6.45) is 0. The lowest BCUT2D eigenvalue weighted by molar-refractivity contribution is 0.102. The van der Waals surface area contributed by atoms with E-state index in [0.717, 1.165) is 16.1 Å². The van der Waals surface area contributed by atoms with Gasteiger partial charge in [-0.25, -0.2) is 13.4 Å². The van der Waals surface area contributed by atoms with Gasteiger partial charge in [-0.05, 0) is 54.3 Å². The molecule has 0 bridgehead atoms. The Hall–Kier alpha value is -3.01. The molecule has 0 unspecified atom stereocenters. The lowest BCUT2D eigenvalue weighted by atomic mass is 10.2. The molecule has 2 N–H and O–H groups in total. The zero-order chi connectivity index (χ0) is 21.1. The summed E-state index contributed by atoms with van der Waals surface area (Å²) in [5.41, 5.74) is 2.50. The van der Waals surface area contributed by atoms with Gasteiger partial charge in [-0.2, -0.15) is 0 Å². The van der Waals surface area contributed by atoms with E-state index < -0.39 is 10.0 Å². The van der Waals surface area contributed by atoms with Gasteiger partial charge in [-0.15, -0.1) is 22.7 Å². The SMILES string of the molecule is Cc1ccccc1NS(=O)(=O)c1ccc(C(=O)Nc2nc(-c3cccs3)cs2)cc1. The van der Waals surface area contributed by atoms with E-state index in [4.69, 9.17) is 0 Å². The number of nitrogens with zero attached hydrogens (tertiary/aromatic N) is 1. The van der Waals surface area contributed by atoms with E-state index in [9.17, 15) is 13.2 Å². The van der Waals surface area contributed by atoms with Gasteiger partial charge in [0, 0.05) is 10.9 Å². The molecule has 6 nitrogen and oxygen atoms in total. The molecule has 152 valence electrons. The summed E-state index contributed by atoms with van der Waals surface area (Å²) in [6, 6.07) is 16.8. The van der Waals surface area contributed by atoms with Crippen molar-refractivity contribution < 1.29 is 13.2 Å². The number of hydrogen-bond acceptors (Lipinski definition) is 6. The fourth-order valence-electron chi connectivity index (χ4n) is 2.71. The van der Waals surface area contributed by atoms with Crippen molar-refractivity contribution in [3.05, 3.63) is 82.6 Å². The first-order valence-corrected chi connectivity index (χ1v) is 12.2. The van der Waals surface area contributed by atoms with Crippen LogP contribution in [0.15, 0.2) is 76.3 Å². The summed E-state index contributed by atoms with van der Waals surface area (Å²) in [5, 5.41) is 7.09. The maximum absolute atomic E-state index is 12.6. The molecule has 4 aromatic rings. The number of aromatic nitrogens is 1. The number of carbonyl (C=O) groups excluding carboxylic acids is 1. The second-order valence-electron chi connectivity index (χ2n) is 6.41. The minimum Gasteiger partial charge on any atom is -0.298 e. The van der Waals surface area contributed by atoms with Crippen LogP contribution in [0.2, 0.25) is 0 Å². The third-order valence-corrected chi connectivity index (χ3v) is 7.35. The molecule has 2 heterocycles. The number of thiazole rings is 1. The van der Waals surface area contributed by atoms with Gasteiger partial charge in [-0.1, -0.05) is 24.3 Å². The minimum atomic E-state index is -3.75. The summed E-state index contributed by atoms with van der Waals surface area (Å²) in [7, 11) is -3.75. The summed E-state index contributed by atoms with van der Waals surface area (Å²) < 4.78 is 27.8. The summed E-state index contributed by atoms with van der Waals surface area (Å²) in [6.45, 7) is 1.83. The van der Waals surface area contributed by atoms with Gasteiger partial charge >= 0.3 is 0 Å². The topological polar surface area (TPSA) is 88.2 Å². The van der Waals surface area contributed by atoms with E-state index >= 15 is 0 Å². The van der Waals surface area contributed by atoms with Crippen LogP contribution in [0.5, 0.6) is 0 Å². The molecule has 0 aliphatic rings. The molecule has 2 aromatic heterocycles. The standard InChI is InChI=1S/C21H17N3O3S3/c1-14-5-2-3-6-17(14)24-30(26,27)16-10-8-15(9-11-16)20(25)23-21-22-18(13-29-21)19-7-4-12-28-19/h2-13,24H,1H3,(H,22,23,25). The second kappa shape index (κ2) is 8.39. The maximum Gasteiger partial charge on any atom is 0.261 e. The maximum atomic E-state index is 12.6. The normalized spacial score (nSPS) is 11.2. The van der Waals surface area contributed by atoms with E-state index in [2.05, 4.69) is 15.0 Å². The summed E-state index contributed by atoms with van der Waals surface area (Å²) in [4.78, 5) is 18.0. The van der Waals surface area contributed by atoms with Crippen molar-refractivity contribution in [1.29, 1.82) is 0 Å². The Morgan fingerprint density at radius 3 is 2.43 bits per heavy atom. The average molecular weight is 456 g/mol. The second-order valence-corrected chi connectivity index (χ2v) is 9.90. The lowest BCUT2D eigenvalue weighted by Gasteiger charge is -2.10. The Morgan fingerprint density at radius 1 is 0.967 bits per heavy atom. The van der Waals surface area contributed by atoms with Crippen molar-refractivity contribution >= 4 is 49.4 Å². The highest BCUT2D eigenvalue weighted by atomic mass is 32.2. The van der Waals surface area contributed by atoms with Crippen molar-refractivity contribution in [2.75, 3.05) is 10.0 Å². The molecule has 2 aromatic carbocycles. The summed E-state index contributed by atoms with van der Waals surface area (Å²) in [5.74, 6) is -0.349. The molecule has 0 saturated carbocycles. The van der Waals surface area contributed by atoms with Gasteiger partial charge < -0.3 is 0 Å². The van der Waals surface area contributed by atoms with Crippen LogP contribution >= 0.6 is 22.7 Å². The first-order chi connectivity index (χ1) is 14.4. The zero-order valence-electron chi connectivity index (χ0n) is 15.8. The van der Waals surface area contributed by atoms with Crippen LogP contribution in [0.3, 0.4) is 0 Å². The quantitative estimate of drug-likeness (QED) is 0.416. The van der Waals surface area contributed by atoms with Crippen molar-refractivity contribution in [3.8, 4) is 10.6 Å². The Kier molecular flexibility index (Phi) is 5.67. The lowest BCUT2D eigenvalue weighted by Crippen LogP contribution is -2.15. The third kappa shape index (κ3) is 4.43. The van der Waals surface area contributed by atoms with Crippen molar-refractivity contribution in [1.82, 2.24) is 4.98 Å². The molecule has 30 heavy (non-hydrogen) atoms. The highest BCUT2D eigenvalue weighted by Gasteiger charge is 2.17. The predicted octanol–water partition coefficient (Wildman–Crippen LogP) is 5.23. The summed E-state index contributed by atoms with van der Waals surface area (Å²) >= 11 is 2.92. The molecular weight excluding hydrogens is 438 g/mol. The number of thiophene rings is 1. The van der Waals surface area contributed by atoms with Crippen LogP contribution in [0.4, 0.5) is 10.8 Å². The van der Waals surface area contributed by atoms with E-state index in [0.29, 0.717) is 16.4 Å². The number of anilines is 2. The van der Waals surface area contributed by atoms with Crippen LogP contribution in [-0.4, -0.2) is 19.3 Å². The van der Waals surface area contributed by atoms with Crippen LogP contribution in [0, 0.1) is 6.92 Å². The van der Waals surface area contributed by atoms with E-state index in [1.807, 2.05) is 41.9 Å². The number of para-hydroxylation sites is 1. The molecule has 4 rings (SSSR count). The Balaban J connectivity index is 1.46. The van der Waals surface area contributed by atoms with Crippen LogP contribution in [0.25, 0.3) is 10.6 Å². The first-order valence-electron chi connectivity index (χ1n) is 8.92. The monoisotopic (exact) mass is 455 g/mol. The molecule has 0 aliphatic heterocycles. The number of aryl methyl sites for hydroxylation is 1. The molecule has 0 spiro atoms. The highest BCUT2D eigenvalue weighted by Crippen LogP contribution is 2.28. The molecule has 0 aliphatic carbocycles. The average Bonchev–Trinajstić information content (AvgIpc) is 3.41. The van der Waals surface area contributed by atoms with Gasteiger partial charge in [0.15, 0.2) is 5.13 Å². The Labute approximate surface area is 182 Å². The van der Waals surface area contributed by atoms with Crippen molar-refractivity contribution in [2.24, 2.45) is 0 Å². The molecule has 0 saturated heterocycles. The minimum absolute atomic E-state index is 0.0801. The predicted molar refractivity (Wildman–Crippen MR) is 122 cm³/mol. The number of rotatable bonds is 6. The van der Waals surface area contributed by atoms with E-state index in [-0.39, 0.29) is 10.8 Å². The number of sulfonamides is 1. The van der Waals surface area contributed by atoms with Gasteiger partial charge in [0.2, 0.25) is 0 Å². The van der Waals surface area contributed by atoms with Gasteiger partial charge in [0.25, 0.3) is 15.9 Å². The molecule has 0 atom stereocenters. The fraction of sp³-hybridized carbons (Fsp3) is 0.0476. The smallest absolute Gasteiger partial charge is 0.261 e. The highest BCUT2D eigenvalue weighted by molar-refractivity contribution is 7.92. The molecule has 9 heteroatoms. The third-order valence-electron chi connectivity index (χ3n) is 4.31. The van der Waals surface area contributed by atoms with Crippen LogP contribution in [-0.2, 0) is 10.0 Å². The number of benzene rings is 2. The van der Waals surface area contributed by atoms with E-state index in [1.165, 1.54) is 35.6 Å². The van der Waals surface area contributed by atoms with E-state index in [1.54, 1.807) is 23.5 Å². The van der Waals surface area contributed by atoms with Crippen molar-refractivity contribution in [2.45, 2.75) is 11.8 Å². The van der Waals surface area contributed by atoms with Crippen LogP contribution < -0.4 is 10.0 Å². The number of hydrogen-bond donors (Lipinski definition) is 2. The van der Waals surface area contributed by atoms with Crippen LogP contribution in [0.1, 0.15) is 15.9 Å². The number of carbonyl (C=O) groups is 1. The number of nitrogens with one attached hydrogen (secondary N) is 2. The molecule has 1 amide bonds. The molecule has 0 radical (unpaired) electrons. The van der Waals surface area contributed by atoms with Gasteiger partial charge in [-0.3, -0.25) is 14.8 Å². The fourth-order valence-corrected chi connectivity index (χ4v) is 5.31. The largest absolute Gasteiger partial charge is 0.298 e. The van der Waals surface area contributed by atoms with Gasteiger partial charge in [0.05, 0.1) is 21.2 Å². The van der Waals surface area contributed by atoms with Crippen molar-refractivity contribution in [3.63, 3.8) is 0 Å². The molecule has 0 fully saturated rings. The Bertz CT molecular complexity index is 1280. The number of amides is 1. The first kappa shape index (κ1) is 20.3. The van der Waals surface area contributed by atoms with Gasteiger partial charge in [0.1, 0.15) is 0 Å². The molecular formula is C21H17N3O3S3. The Morgan fingerprint density at radius 2 is 1.73 bits per heavy atom. The zero-order valence-corrected chi connectivity index (χ0v) is 18.3.